The van der Waals surface area contributed by atoms with Crippen LogP contribution in [0.1, 0.15) is 24.5 Å². The molecule has 0 saturated carbocycles. The molecular weight excluding hydrogens is 398 g/mol. The highest BCUT2D eigenvalue weighted by Gasteiger charge is 2.49. The second-order valence-electron chi connectivity index (χ2n) is 8.29. The lowest BCUT2D eigenvalue weighted by Gasteiger charge is -2.40. The van der Waals surface area contributed by atoms with E-state index in [0.29, 0.717) is 17.9 Å². The van der Waals surface area contributed by atoms with Gasteiger partial charge in [0.1, 0.15) is 0 Å². The summed E-state index contributed by atoms with van der Waals surface area (Å²) >= 11 is 0. The lowest BCUT2D eigenvalue weighted by atomic mass is 9.78. The third-order valence-corrected chi connectivity index (χ3v) is 8.39. The average molecular weight is 426 g/mol. The molecule has 1 fully saturated rings. The van der Waals surface area contributed by atoms with Gasteiger partial charge >= 0.3 is 5.97 Å². The van der Waals surface area contributed by atoms with E-state index < -0.39 is 10.0 Å². The van der Waals surface area contributed by atoms with Gasteiger partial charge in [0.2, 0.25) is 10.0 Å². The number of piperidine rings is 1. The van der Waals surface area contributed by atoms with E-state index in [0.717, 1.165) is 16.7 Å². The maximum absolute atomic E-state index is 13.3. The maximum Gasteiger partial charge on any atom is 0.313 e. The predicted molar refractivity (Wildman–Crippen MR) is 116 cm³/mol. The van der Waals surface area contributed by atoms with Crippen molar-refractivity contribution < 1.29 is 17.9 Å². The largest absolute Gasteiger partial charge is 0.469 e. The zero-order valence-electron chi connectivity index (χ0n) is 17.5. The fourth-order valence-corrected chi connectivity index (χ4v) is 6.53. The molecule has 0 N–H and O–H groups in total. The minimum Gasteiger partial charge on any atom is -0.469 e. The van der Waals surface area contributed by atoms with Crippen molar-refractivity contribution in [3.63, 3.8) is 0 Å². The van der Waals surface area contributed by atoms with Crippen LogP contribution in [-0.4, -0.2) is 38.4 Å². The minimum absolute atomic E-state index is 0.0271. The highest BCUT2D eigenvalue weighted by Crippen LogP contribution is 2.48. The Morgan fingerprint density at radius 2 is 1.73 bits per heavy atom. The topological polar surface area (TPSA) is 63.7 Å². The standard InChI is InChI=1S/C24H27NO4S/c1-16-9-11-20(12-10-16)30(27,28)25-15-19-14-22(18-7-5-4-6-8-18)23(24(26)29-3)21(19)13-17(25)2/h4-12,14,17,19,21,23H,13,15H2,1-3H3/t17-,19+,21-,23-/m0/s1. The Morgan fingerprint density at radius 3 is 2.37 bits per heavy atom. The summed E-state index contributed by atoms with van der Waals surface area (Å²) in [6.45, 7) is 4.23. The number of rotatable bonds is 4. The first kappa shape index (κ1) is 20.8. The summed E-state index contributed by atoms with van der Waals surface area (Å²) in [4.78, 5) is 13.0. The zero-order chi connectivity index (χ0) is 21.5. The lowest BCUT2D eigenvalue weighted by molar-refractivity contribution is -0.145. The van der Waals surface area contributed by atoms with E-state index in [1.54, 1.807) is 16.4 Å². The van der Waals surface area contributed by atoms with E-state index in [-0.39, 0.29) is 29.8 Å². The summed E-state index contributed by atoms with van der Waals surface area (Å²) in [5.74, 6) is -0.610. The number of carbonyl (C=O) groups excluding carboxylic acids is 1. The molecule has 30 heavy (non-hydrogen) atoms. The monoisotopic (exact) mass is 425 g/mol. The average Bonchev–Trinajstić information content (AvgIpc) is 3.12. The molecule has 0 bridgehead atoms. The van der Waals surface area contributed by atoms with Crippen LogP contribution in [0, 0.1) is 24.7 Å². The van der Waals surface area contributed by atoms with Crippen LogP contribution in [-0.2, 0) is 19.6 Å². The van der Waals surface area contributed by atoms with Gasteiger partial charge in [0.25, 0.3) is 0 Å². The Balaban J connectivity index is 1.69. The molecule has 1 heterocycles. The molecule has 1 aliphatic heterocycles. The summed E-state index contributed by atoms with van der Waals surface area (Å²) in [6, 6.07) is 16.6. The van der Waals surface area contributed by atoms with Gasteiger partial charge in [0.05, 0.1) is 17.9 Å². The van der Waals surface area contributed by atoms with Gasteiger partial charge in [-0.05, 0) is 55.4 Å². The number of hydrogen-bond acceptors (Lipinski definition) is 4. The van der Waals surface area contributed by atoms with Crippen molar-refractivity contribution in [2.75, 3.05) is 13.7 Å². The van der Waals surface area contributed by atoms with Crippen LogP contribution in [0.3, 0.4) is 0 Å². The van der Waals surface area contributed by atoms with Crippen LogP contribution in [0.15, 0.2) is 65.6 Å². The molecule has 2 aliphatic rings. The van der Waals surface area contributed by atoms with Crippen LogP contribution < -0.4 is 0 Å². The molecule has 6 heteroatoms. The number of aryl methyl sites for hydroxylation is 1. The molecule has 0 unspecified atom stereocenters. The van der Waals surface area contributed by atoms with E-state index in [1.165, 1.54) is 7.11 Å². The van der Waals surface area contributed by atoms with E-state index in [9.17, 15) is 13.2 Å². The Bertz CT molecular complexity index is 1060. The molecular formula is C24H27NO4S. The molecule has 158 valence electrons. The highest BCUT2D eigenvalue weighted by molar-refractivity contribution is 7.89. The predicted octanol–water partition coefficient (Wildman–Crippen LogP) is 3.90. The van der Waals surface area contributed by atoms with Gasteiger partial charge in [-0.3, -0.25) is 4.79 Å². The third kappa shape index (κ3) is 3.59. The van der Waals surface area contributed by atoms with E-state index in [4.69, 9.17) is 4.74 Å². The fourth-order valence-electron chi connectivity index (χ4n) is 4.85. The third-order valence-electron chi connectivity index (χ3n) is 6.39. The van der Waals surface area contributed by atoms with Crippen molar-refractivity contribution in [3.8, 4) is 0 Å². The number of ether oxygens (including phenoxy) is 1. The number of nitrogens with zero attached hydrogens (tertiary/aromatic N) is 1. The van der Waals surface area contributed by atoms with Crippen molar-refractivity contribution in [2.45, 2.75) is 31.2 Å². The molecule has 0 radical (unpaired) electrons. The van der Waals surface area contributed by atoms with E-state index in [2.05, 4.69) is 6.08 Å². The van der Waals surface area contributed by atoms with Gasteiger partial charge in [0.15, 0.2) is 0 Å². The number of benzene rings is 2. The maximum atomic E-state index is 13.3. The summed E-state index contributed by atoms with van der Waals surface area (Å²) in [5.41, 5.74) is 2.95. The first-order valence-electron chi connectivity index (χ1n) is 10.3. The van der Waals surface area contributed by atoms with Gasteiger partial charge in [-0.2, -0.15) is 4.31 Å². The molecule has 1 saturated heterocycles. The minimum atomic E-state index is -3.60. The van der Waals surface area contributed by atoms with Crippen LogP contribution in [0.5, 0.6) is 0 Å². The van der Waals surface area contributed by atoms with Crippen LogP contribution >= 0.6 is 0 Å². The van der Waals surface area contributed by atoms with E-state index >= 15 is 0 Å². The molecule has 2 aromatic rings. The Kier molecular flexibility index (Phi) is 5.55. The second kappa shape index (κ2) is 8.00. The van der Waals surface area contributed by atoms with Crippen LogP contribution in [0.4, 0.5) is 0 Å². The first-order chi connectivity index (χ1) is 14.3. The first-order valence-corrected chi connectivity index (χ1v) is 11.7. The lowest BCUT2D eigenvalue weighted by Crippen LogP contribution is -2.49. The molecule has 2 aromatic carbocycles. The molecule has 0 amide bonds. The number of esters is 1. The second-order valence-corrected chi connectivity index (χ2v) is 10.2. The number of methoxy groups -OCH3 is 1. The molecule has 1 aliphatic carbocycles. The Morgan fingerprint density at radius 1 is 1.07 bits per heavy atom. The highest BCUT2D eigenvalue weighted by atomic mass is 32.2. The molecule has 0 spiro atoms. The Hall–Kier alpha value is -2.44. The fraction of sp³-hybridized carbons (Fsp3) is 0.375. The van der Waals surface area contributed by atoms with Gasteiger partial charge < -0.3 is 4.74 Å². The van der Waals surface area contributed by atoms with Gasteiger partial charge in [-0.15, -0.1) is 0 Å². The summed E-state index contributed by atoms with van der Waals surface area (Å²) in [7, 11) is -2.19. The Labute approximate surface area is 178 Å². The SMILES string of the molecule is COC(=O)[C@@H]1C(c2ccccc2)=C[C@@H]2CN(S(=O)(=O)c3ccc(C)cc3)[C@@H](C)C[C@H]12. The summed E-state index contributed by atoms with van der Waals surface area (Å²) in [5, 5.41) is 0. The summed E-state index contributed by atoms with van der Waals surface area (Å²) in [6.07, 6.45) is 2.70. The quantitative estimate of drug-likeness (QED) is 0.697. The zero-order valence-corrected chi connectivity index (χ0v) is 18.3. The van der Waals surface area contributed by atoms with Crippen molar-refractivity contribution in [1.82, 2.24) is 4.31 Å². The van der Waals surface area contributed by atoms with E-state index in [1.807, 2.05) is 56.3 Å². The van der Waals surface area contributed by atoms with Gasteiger partial charge in [-0.1, -0.05) is 54.1 Å². The molecule has 5 nitrogen and oxygen atoms in total. The molecule has 0 aromatic heterocycles. The van der Waals surface area contributed by atoms with Gasteiger partial charge in [-0.25, -0.2) is 8.42 Å². The van der Waals surface area contributed by atoms with Crippen LogP contribution in [0.2, 0.25) is 0 Å². The number of carbonyl (C=O) groups is 1. The van der Waals surface area contributed by atoms with Crippen molar-refractivity contribution in [1.29, 1.82) is 0 Å². The van der Waals surface area contributed by atoms with Crippen molar-refractivity contribution in [3.05, 3.63) is 71.8 Å². The van der Waals surface area contributed by atoms with Crippen molar-refractivity contribution in [2.24, 2.45) is 17.8 Å². The van der Waals surface area contributed by atoms with Gasteiger partial charge in [0, 0.05) is 12.6 Å². The summed E-state index contributed by atoms with van der Waals surface area (Å²) < 4.78 is 33.4. The molecule has 4 atom stereocenters. The number of sulfonamides is 1. The number of fused-ring (bicyclic) bond motifs is 1. The smallest absolute Gasteiger partial charge is 0.313 e. The molecule has 4 rings (SSSR count). The normalized spacial score (nSPS) is 26.7. The van der Waals surface area contributed by atoms with Crippen molar-refractivity contribution >= 4 is 21.6 Å². The number of hydrogen-bond donors (Lipinski definition) is 0. The van der Waals surface area contributed by atoms with Crippen LogP contribution in [0.25, 0.3) is 5.57 Å².